The summed E-state index contributed by atoms with van der Waals surface area (Å²) in [4.78, 5) is 10.1. The normalized spacial score (nSPS) is 11.2. The Balaban J connectivity index is 1.94. The molecule has 128 valence electrons. The molecular weight excluding hydrogens is 338 g/mol. The molecule has 0 unspecified atom stereocenters. The number of ether oxygens (including phenoxy) is 1. The van der Waals surface area contributed by atoms with Crippen LogP contribution in [0, 0.1) is 17.0 Å². The predicted molar refractivity (Wildman–Crippen MR) is 84.6 cm³/mol. The van der Waals surface area contributed by atoms with E-state index in [1.807, 2.05) is 6.92 Å². The third-order valence-electron chi connectivity index (χ3n) is 3.04. The van der Waals surface area contributed by atoms with Crippen molar-refractivity contribution in [3.05, 3.63) is 58.1 Å². The van der Waals surface area contributed by atoms with Gasteiger partial charge in [0.15, 0.2) is 11.5 Å². The minimum absolute atomic E-state index is 0.0197. The van der Waals surface area contributed by atoms with Crippen LogP contribution in [0.4, 0.5) is 5.69 Å². The maximum Gasteiger partial charge on any atom is 0.297 e. The SMILES string of the molecule is Cc1ccc(S(=O)(=O)OCCOc2cc([N+](=O)[O-])ccc2O)cc1. The van der Waals surface area contributed by atoms with Gasteiger partial charge in [-0.05, 0) is 25.1 Å². The van der Waals surface area contributed by atoms with Crippen LogP contribution in [0.2, 0.25) is 0 Å². The van der Waals surface area contributed by atoms with Gasteiger partial charge in [0.25, 0.3) is 15.8 Å². The molecule has 0 amide bonds. The second kappa shape index (κ2) is 7.28. The number of hydrogen-bond acceptors (Lipinski definition) is 7. The number of aromatic hydroxyl groups is 1. The summed E-state index contributed by atoms with van der Waals surface area (Å²) in [7, 11) is -3.91. The van der Waals surface area contributed by atoms with Crippen LogP contribution in [0.3, 0.4) is 0 Å². The molecule has 0 aromatic heterocycles. The lowest BCUT2D eigenvalue weighted by atomic mass is 10.2. The van der Waals surface area contributed by atoms with Crippen molar-refractivity contribution in [1.29, 1.82) is 0 Å². The van der Waals surface area contributed by atoms with E-state index in [-0.39, 0.29) is 35.3 Å². The average molecular weight is 353 g/mol. The highest BCUT2D eigenvalue weighted by Crippen LogP contribution is 2.30. The Bertz CT molecular complexity index is 831. The molecule has 2 aromatic carbocycles. The number of phenolic OH excluding ortho intramolecular Hbond substituents is 1. The maximum atomic E-state index is 11.9. The van der Waals surface area contributed by atoms with Gasteiger partial charge in [0.05, 0.1) is 15.9 Å². The Morgan fingerprint density at radius 1 is 1.12 bits per heavy atom. The zero-order chi connectivity index (χ0) is 17.7. The molecule has 0 heterocycles. The first kappa shape index (κ1) is 17.7. The lowest BCUT2D eigenvalue weighted by Gasteiger charge is -2.09. The highest BCUT2D eigenvalue weighted by atomic mass is 32.2. The number of hydrogen-bond donors (Lipinski definition) is 1. The third-order valence-corrected chi connectivity index (χ3v) is 4.37. The van der Waals surface area contributed by atoms with E-state index >= 15 is 0 Å². The monoisotopic (exact) mass is 353 g/mol. The van der Waals surface area contributed by atoms with E-state index in [0.29, 0.717) is 0 Å². The number of rotatable bonds is 7. The Morgan fingerprint density at radius 2 is 1.79 bits per heavy atom. The maximum absolute atomic E-state index is 11.9. The van der Waals surface area contributed by atoms with Gasteiger partial charge < -0.3 is 9.84 Å². The number of phenols is 1. The number of nitro benzene ring substituents is 1. The summed E-state index contributed by atoms with van der Waals surface area (Å²) in [5.74, 6) is -0.414. The van der Waals surface area contributed by atoms with E-state index in [4.69, 9.17) is 8.92 Å². The molecule has 0 aliphatic rings. The second-order valence-corrected chi connectivity index (χ2v) is 6.46. The van der Waals surface area contributed by atoms with Crippen LogP contribution >= 0.6 is 0 Å². The van der Waals surface area contributed by atoms with Crippen LogP contribution in [0.15, 0.2) is 47.4 Å². The molecule has 2 aromatic rings. The molecule has 0 aliphatic heterocycles. The number of aryl methyl sites for hydroxylation is 1. The molecule has 2 rings (SSSR count). The van der Waals surface area contributed by atoms with Crippen molar-refractivity contribution in [3.8, 4) is 11.5 Å². The lowest BCUT2D eigenvalue weighted by molar-refractivity contribution is -0.385. The highest BCUT2D eigenvalue weighted by Gasteiger charge is 2.15. The van der Waals surface area contributed by atoms with E-state index in [9.17, 15) is 23.6 Å². The molecule has 0 fully saturated rings. The summed E-state index contributed by atoms with van der Waals surface area (Å²) in [5, 5.41) is 20.2. The molecule has 24 heavy (non-hydrogen) atoms. The minimum atomic E-state index is -3.91. The number of nitro groups is 1. The fourth-order valence-electron chi connectivity index (χ4n) is 1.80. The predicted octanol–water partition coefficient (Wildman–Crippen LogP) is 2.39. The number of benzene rings is 2. The quantitative estimate of drug-likeness (QED) is 0.351. The van der Waals surface area contributed by atoms with Gasteiger partial charge in [0.2, 0.25) is 0 Å². The van der Waals surface area contributed by atoms with Crippen LogP contribution < -0.4 is 4.74 Å². The summed E-state index contributed by atoms with van der Waals surface area (Å²) in [5.41, 5.74) is 0.662. The molecule has 0 saturated carbocycles. The average Bonchev–Trinajstić information content (AvgIpc) is 2.53. The summed E-state index contributed by atoms with van der Waals surface area (Å²) in [6.07, 6.45) is 0. The molecule has 0 atom stereocenters. The molecule has 9 heteroatoms. The zero-order valence-electron chi connectivity index (χ0n) is 12.7. The molecule has 1 N–H and O–H groups in total. The van der Waals surface area contributed by atoms with Gasteiger partial charge in [0.1, 0.15) is 13.2 Å². The Kier molecular flexibility index (Phi) is 5.37. The van der Waals surface area contributed by atoms with Crippen molar-refractivity contribution in [2.24, 2.45) is 0 Å². The van der Waals surface area contributed by atoms with Gasteiger partial charge >= 0.3 is 0 Å². The van der Waals surface area contributed by atoms with E-state index in [1.54, 1.807) is 12.1 Å². The second-order valence-electron chi connectivity index (χ2n) is 4.85. The number of non-ortho nitro benzene ring substituents is 1. The molecule has 0 aliphatic carbocycles. The molecule has 0 spiro atoms. The van der Waals surface area contributed by atoms with E-state index in [2.05, 4.69) is 0 Å². The minimum Gasteiger partial charge on any atom is -0.504 e. The fourth-order valence-corrected chi connectivity index (χ4v) is 2.69. The molecule has 0 bridgehead atoms. The standard InChI is InChI=1S/C15H15NO7S/c1-11-2-5-13(6-3-11)24(20,21)23-9-8-22-15-10-12(16(18)19)4-7-14(15)17/h2-7,10,17H,8-9H2,1H3. The van der Waals surface area contributed by atoms with Crippen LogP contribution in [-0.4, -0.2) is 31.7 Å². The number of nitrogens with zero attached hydrogens (tertiary/aromatic N) is 1. The molecule has 0 radical (unpaired) electrons. The van der Waals surface area contributed by atoms with E-state index in [0.717, 1.165) is 23.8 Å². The van der Waals surface area contributed by atoms with E-state index in [1.165, 1.54) is 12.1 Å². The Hall–Kier alpha value is -2.65. The summed E-state index contributed by atoms with van der Waals surface area (Å²) in [6.45, 7) is 1.31. The van der Waals surface area contributed by atoms with E-state index < -0.39 is 15.0 Å². The summed E-state index contributed by atoms with van der Waals surface area (Å²) >= 11 is 0. The first-order chi connectivity index (χ1) is 11.3. The highest BCUT2D eigenvalue weighted by molar-refractivity contribution is 7.86. The smallest absolute Gasteiger partial charge is 0.297 e. The fraction of sp³-hybridized carbons (Fsp3) is 0.200. The van der Waals surface area contributed by atoms with Crippen molar-refractivity contribution in [3.63, 3.8) is 0 Å². The summed E-state index contributed by atoms with van der Waals surface area (Å²) < 4.78 is 33.9. The van der Waals surface area contributed by atoms with Gasteiger partial charge in [-0.1, -0.05) is 17.7 Å². The largest absolute Gasteiger partial charge is 0.504 e. The van der Waals surface area contributed by atoms with Gasteiger partial charge in [-0.15, -0.1) is 0 Å². The summed E-state index contributed by atoms with van der Waals surface area (Å²) in [6, 6.07) is 9.44. The van der Waals surface area contributed by atoms with Crippen LogP contribution in [0.25, 0.3) is 0 Å². The first-order valence-corrected chi connectivity index (χ1v) is 8.27. The first-order valence-electron chi connectivity index (χ1n) is 6.86. The van der Waals surface area contributed by atoms with Gasteiger partial charge in [0, 0.05) is 6.07 Å². The van der Waals surface area contributed by atoms with Crippen LogP contribution in [-0.2, 0) is 14.3 Å². The zero-order valence-corrected chi connectivity index (χ0v) is 13.5. The molecule has 8 nitrogen and oxygen atoms in total. The molecular formula is C15H15NO7S. The van der Waals surface area contributed by atoms with Crippen molar-refractivity contribution >= 4 is 15.8 Å². The third kappa shape index (κ3) is 4.43. The van der Waals surface area contributed by atoms with Crippen molar-refractivity contribution in [1.82, 2.24) is 0 Å². The van der Waals surface area contributed by atoms with Crippen molar-refractivity contribution < 1.29 is 27.4 Å². The van der Waals surface area contributed by atoms with Gasteiger partial charge in [-0.25, -0.2) is 0 Å². The Labute approximate surface area is 138 Å². The lowest BCUT2D eigenvalue weighted by Crippen LogP contribution is -2.13. The van der Waals surface area contributed by atoms with Crippen molar-refractivity contribution in [2.75, 3.05) is 13.2 Å². The topological polar surface area (TPSA) is 116 Å². The van der Waals surface area contributed by atoms with Crippen LogP contribution in [0.1, 0.15) is 5.56 Å². The molecule has 0 saturated heterocycles. The Morgan fingerprint density at radius 3 is 2.42 bits per heavy atom. The van der Waals surface area contributed by atoms with Crippen LogP contribution in [0.5, 0.6) is 11.5 Å². The van der Waals surface area contributed by atoms with Gasteiger partial charge in [-0.3, -0.25) is 14.3 Å². The van der Waals surface area contributed by atoms with Gasteiger partial charge in [-0.2, -0.15) is 8.42 Å². The van der Waals surface area contributed by atoms with Crippen molar-refractivity contribution in [2.45, 2.75) is 11.8 Å².